The Labute approximate surface area is 147 Å². The maximum Gasteiger partial charge on any atom is 0.407 e. The summed E-state index contributed by atoms with van der Waals surface area (Å²) in [5.41, 5.74) is -0.479. The van der Waals surface area contributed by atoms with Crippen LogP contribution in [0, 0.1) is 6.92 Å². The Morgan fingerprint density at radius 2 is 2.29 bits per heavy atom. The maximum atomic E-state index is 11.9. The fourth-order valence-corrected chi connectivity index (χ4v) is 3.26. The van der Waals surface area contributed by atoms with Crippen LogP contribution in [-0.2, 0) is 11.3 Å². The number of hydrogen-bond acceptors (Lipinski definition) is 5. The molecule has 1 saturated heterocycles. The average molecular weight is 353 g/mol. The van der Waals surface area contributed by atoms with E-state index in [2.05, 4.69) is 25.5 Å². The summed E-state index contributed by atoms with van der Waals surface area (Å²) >= 11 is 1.68. The number of carbonyl (C=O) groups excluding carboxylic acids is 1. The molecule has 2 N–H and O–H groups in total. The highest BCUT2D eigenvalue weighted by molar-refractivity contribution is 7.11. The number of guanidine groups is 1. The number of nitrogens with zero attached hydrogens (tertiary/aromatic N) is 3. The largest absolute Gasteiger partial charge is 0.444 e. The van der Waals surface area contributed by atoms with E-state index in [1.54, 1.807) is 18.4 Å². The van der Waals surface area contributed by atoms with E-state index in [1.165, 1.54) is 4.88 Å². The molecule has 24 heavy (non-hydrogen) atoms. The lowest BCUT2D eigenvalue weighted by Crippen LogP contribution is -2.44. The van der Waals surface area contributed by atoms with Crippen molar-refractivity contribution >= 4 is 23.4 Å². The van der Waals surface area contributed by atoms with Crippen molar-refractivity contribution in [3.63, 3.8) is 0 Å². The van der Waals surface area contributed by atoms with Crippen molar-refractivity contribution in [2.75, 3.05) is 20.1 Å². The minimum atomic E-state index is -0.479. The molecule has 0 radical (unpaired) electrons. The van der Waals surface area contributed by atoms with Gasteiger partial charge in [-0.05, 0) is 34.1 Å². The van der Waals surface area contributed by atoms with Gasteiger partial charge in [-0.15, -0.1) is 11.3 Å². The van der Waals surface area contributed by atoms with Crippen molar-refractivity contribution < 1.29 is 9.53 Å². The van der Waals surface area contributed by atoms with E-state index in [9.17, 15) is 4.79 Å². The summed E-state index contributed by atoms with van der Waals surface area (Å²) < 4.78 is 5.31. The molecular formula is C16H27N5O2S. The number of amides is 1. The standard InChI is InChI=1S/C16H27N5O2S/c1-11-18-8-13(24-11)9-19-14(17-5)21-7-6-12(10-21)20-15(22)23-16(2,3)4/h8,12H,6-7,9-10H2,1-5H3,(H,17,19)(H,20,22). The average Bonchev–Trinajstić information content (AvgIpc) is 3.07. The zero-order valence-corrected chi connectivity index (χ0v) is 15.9. The Morgan fingerprint density at radius 1 is 1.54 bits per heavy atom. The van der Waals surface area contributed by atoms with Crippen LogP contribution in [0.5, 0.6) is 0 Å². The Balaban J connectivity index is 1.81. The molecule has 1 unspecified atom stereocenters. The van der Waals surface area contributed by atoms with Gasteiger partial charge in [0.2, 0.25) is 0 Å². The Morgan fingerprint density at radius 3 is 2.88 bits per heavy atom. The van der Waals surface area contributed by atoms with Gasteiger partial charge in [0.1, 0.15) is 5.60 Å². The molecular weight excluding hydrogens is 326 g/mol. The van der Waals surface area contributed by atoms with Gasteiger partial charge in [-0.1, -0.05) is 0 Å². The second kappa shape index (κ2) is 7.83. The number of ether oxygens (including phenoxy) is 1. The molecule has 1 aliphatic heterocycles. The van der Waals surface area contributed by atoms with Crippen LogP contribution in [0.2, 0.25) is 0 Å². The molecule has 134 valence electrons. The highest BCUT2D eigenvalue weighted by Gasteiger charge is 2.27. The Kier molecular flexibility index (Phi) is 6.04. The van der Waals surface area contributed by atoms with Gasteiger partial charge >= 0.3 is 6.09 Å². The molecule has 2 rings (SSSR count). The van der Waals surface area contributed by atoms with Crippen molar-refractivity contribution in [3.05, 3.63) is 16.1 Å². The van der Waals surface area contributed by atoms with Crippen LogP contribution in [0.3, 0.4) is 0 Å². The van der Waals surface area contributed by atoms with E-state index in [1.807, 2.05) is 33.9 Å². The summed E-state index contributed by atoms with van der Waals surface area (Å²) in [5, 5.41) is 7.34. The zero-order chi connectivity index (χ0) is 17.7. The number of likely N-dealkylation sites (tertiary alicyclic amines) is 1. The van der Waals surface area contributed by atoms with Crippen molar-refractivity contribution in [2.45, 2.75) is 52.3 Å². The van der Waals surface area contributed by atoms with Crippen molar-refractivity contribution in [2.24, 2.45) is 4.99 Å². The Hall–Kier alpha value is -1.83. The van der Waals surface area contributed by atoms with E-state index in [4.69, 9.17) is 4.74 Å². The molecule has 1 fully saturated rings. The minimum Gasteiger partial charge on any atom is -0.444 e. The number of nitrogens with one attached hydrogen (secondary N) is 2. The van der Waals surface area contributed by atoms with Gasteiger partial charge in [0, 0.05) is 31.2 Å². The molecule has 0 aromatic carbocycles. The summed E-state index contributed by atoms with van der Waals surface area (Å²) in [4.78, 5) is 23.8. The molecule has 1 amide bonds. The first-order valence-corrected chi connectivity index (χ1v) is 8.95. The zero-order valence-electron chi connectivity index (χ0n) is 15.0. The minimum absolute atomic E-state index is 0.0732. The van der Waals surface area contributed by atoms with Crippen LogP contribution in [-0.4, -0.2) is 53.7 Å². The van der Waals surface area contributed by atoms with Crippen molar-refractivity contribution in [3.8, 4) is 0 Å². The summed E-state index contributed by atoms with van der Waals surface area (Å²) in [6.07, 6.45) is 2.40. The molecule has 0 spiro atoms. The highest BCUT2D eigenvalue weighted by atomic mass is 32.1. The SMILES string of the molecule is CN=C(NCc1cnc(C)s1)N1CCC(NC(=O)OC(C)(C)C)C1. The first-order chi connectivity index (χ1) is 11.3. The third-order valence-electron chi connectivity index (χ3n) is 3.51. The van der Waals surface area contributed by atoms with Crippen molar-refractivity contribution in [1.29, 1.82) is 0 Å². The number of aliphatic imine (C=N–C) groups is 1. The first kappa shape index (κ1) is 18.5. The molecule has 0 saturated carbocycles. The summed E-state index contributed by atoms with van der Waals surface area (Å²) in [6.45, 7) is 9.86. The van der Waals surface area contributed by atoms with E-state index >= 15 is 0 Å². The normalized spacial score (nSPS) is 18.6. The predicted octanol–water partition coefficient (Wildman–Crippen LogP) is 2.13. The Bertz CT molecular complexity index is 594. The molecule has 1 atom stereocenters. The lowest BCUT2D eigenvalue weighted by molar-refractivity contribution is 0.0507. The van der Waals surface area contributed by atoms with Crippen LogP contribution < -0.4 is 10.6 Å². The first-order valence-electron chi connectivity index (χ1n) is 8.13. The number of alkyl carbamates (subject to hydrolysis) is 1. The van der Waals surface area contributed by atoms with Crippen LogP contribution >= 0.6 is 11.3 Å². The number of aryl methyl sites for hydroxylation is 1. The van der Waals surface area contributed by atoms with Gasteiger partial charge in [0.25, 0.3) is 0 Å². The van der Waals surface area contributed by atoms with Crippen LogP contribution in [0.4, 0.5) is 4.79 Å². The second-order valence-electron chi connectivity index (χ2n) is 6.82. The quantitative estimate of drug-likeness (QED) is 0.643. The molecule has 7 nitrogen and oxygen atoms in total. The molecule has 1 aromatic heterocycles. The van der Waals surface area contributed by atoms with E-state index < -0.39 is 5.60 Å². The third-order valence-corrected chi connectivity index (χ3v) is 4.42. The number of thiazole rings is 1. The lowest BCUT2D eigenvalue weighted by Gasteiger charge is -2.23. The van der Waals surface area contributed by atoms with Gasteiger partial charge in [-0.3, -0.25) is 4.99 Å². The fourth-order valence-electron chi connectivity index (χ4n) is 2.53. The van der Waals surface area contributed by atoms with E-state index in [0.717, 1.165) is 30.5 Å². The molecule has 0 aliphatic carbocycles. The monoisotopic (exact) mass is 353 g/mol. The van der Waals surface area contributed by atoms with E-state index in [0.29, 0.717) is 6.54 Å². The topological polar surface area (TPSA) is 78.9 Å². The summed E-state index contributed by atoms with van der Waals surface area (Å²) in [5.74, 6) is 0.842. The molecule has 2 heterocycles. The van der Waals surface area contributed by atoms with Gasteiger partial charge in [0.05, 0.1) is 17.6 Å². The molecule has 1 aliphatic rings. The van der Waals surface area contributed by atoms with Crippen LogP contribution in [0.1, 0.15) is 37.1 Å². The summed E-state index contributed by atoms with van der Waals surface area (Å²) in [6, 6.07) is 0.0732. The molecule has 8 heteroatoms. The second-order valence-corrected chi connectivity index (χ2v) is 8.14. The number of hydrogen-bond donors (Lipinski definition) is 2. The smallest absolute Gasteiger partial charge is 0.407 e. The summed E-state index contributed by atoms with van der Waals surface area (Å²) in [7, 11) is 1.77. The lowest BCUT2D eigenvalue weighted by atomic mass is 10.2. The van der Waals surface area contributed by atoms with E-state index in [-0.39, 0.29) is 12.1 Å². The maximum absolute atomic E-state index is 11.9. The highest BCUT2D eigenvalue weighted by Crippen LogP contribution is 2.14. The fraction of sp³-hybridized carbons (Fsp3) is 0.688. The third kappa shape index (κ3) is 5.67. The molecule has 0 bridgehead atoms. The van der Waals surface area contributed by atoms with Crippen molar-refractivity contribution in [1.82, 2.24) is 20.5 Å². The number of aromatic nitrogens is 1. The van der Waals surface area contributed by atoms with Gasteiger partial charge < -0.3 is 20.3 Å². The van der Waals surface area contributed by atoms with Gasteiger partial charge in [-0.25, -0.2) is 9.78 Å². The van der Waals surface area contributed by atoms with Crippen LogP contribution in [0.15, 0.2) is 11.2 Å². The molecule has 1 aromatic rings. The number of rotatable bonds is 3. The van der Waals surface area contributed by atoms with Crippen LogP contribution in [0.25, 0.3) is 0 Å². The van der Waals surface area contributed by atoms with Gasteiger partial charge in [-0.2, -0.15) is 0 Å². The predicted molar refractivity (Wildman–Crippen MR) is 96.4 cm³/mol. The van der Waals surface area contributed by atoms with Gasteiger partial charge in [0.15, 0.2) is 5.96 Å². The number of carbonyl (C=O) groups is 1.